The van der Waals surface area contributed by atoms with Crippen molar-refractivity contribution in [3.05, 3.63) is 0 Å². The Labute approximate surface area is 125 Å². The number of carbonyl (C=O) groups excluding carboxylic acids is 1. The predicted molar refractivity (Wildman–Crippen MR) is 81.5 cm³/mol. The van der Waals surface area contributed by atoms with Gasteiger partial charge in [0.15, 0.2) is 0 Å². The van der Waals surface area contributed by atoms with Crippen LogP contribution >= 0.6 is 0 Å². The van der Waals surface area contributed by atoms with Crippen molar-refractivity contribution in [3.8, 4) is 6.01 Å². The summed E-state index contributed by atoms with van der Waals surface area (Å²) in [7, 11) is 1.71. The van der Waals surface area contributed by atoms with E-state index in [1.54, 1.807) is 7.05 Å². The molecule has 3 N–H and O–H groups in total. The quantitative estimate of drug-likeness (QED) is 0.690. The van der Waals surface area contributed by atoms with Gasteiger partial charge in [-0.25, -0.2) is 0 Å². The van der Waals surface area contributed by atoms with Gasteiger partial charge in [0, 0.05) is 25.6 Å². The molecule has 0 aliphatic heterocycles. The van der Waals surface area contributed by atoms with E-state index in [-0.39, 0.29) is 17.5 Å². The summed E-state index contributed by atoms with van der Waals surface area (Å²) in [5.74, 6) is 0.763. The third-order valence-corrected chi connectivity index (χ3v) is 2.26. The van der Waals surface area contributed by atoms with Gasteiger partial charge in [-0.2, -0.15) is 15.0 Å². The first-order chi connectivity index (χ1) is 9.84. The lowest BCUT2D eigenvalue weighted by molar-refractivity contribution is -0.122. The fraction of sp³-hybridized carbons (Fsp3) is 0.692. The molecule has 0 saturated heterocycles. The first-order valence-electron chi connectivity index (χ1n) is 6.95. The fourth-order valence-corrected chi connectivity index (χ4v) is 1.51. The summed E-state index contributed by atoms with van der Waals surface area (Å²) in [6, 6.07) is 0.249. The summed E-state index contributed by atoms with van der Waals surface area (Å²) < 4.78 is 5.26. The SMILES string of the molecule is CCOc1nc(NC)nc(NCCC(=O)NC(C)(C)C)n1. The Balaban J connectivity index is 2.54. The maximum Gasteiger partial charge on any atom is 0.323 e. The third kappa shape index (κ3) is 6.73. The molecule has 0 aliphatic carbocycles. The molecule has 8 heteroatoms. The van der Waals surface area contributed by atoms with Crippen LogP contribution in [0.2, 0.25) is 0 Å². The van der Waals surface area contributed by atoms with E-state index in [1.807, 2.05) is 27.7 Å². The van der Waals surface area contributed by atoms with Crippen LogP contribution in [0.25, 0.3) is 0 Å². The average molecular weight is 296 g/mol. The maximum absolute atomic E-state index is 11.7. The lowest BCUT2D eigenvalue weighted by Gasteiger charge is -2.20. The molecule has 21 heavy (non-hydrogen) atoms. The number of rotatable bonds is 7. The standard InChI is InChI=1S/C13H24N6O2/c1-6-21-12-17-10(14-5)16-11(18-12)15-8-7-9(20)19-13(2,3)4/h6-8H2,1-5H3,(H,19,20)(H2,14,15,16,17,18). The number of amides is 1. The summed E-state index contributed by atoms with van der Waals surface area (Å²) in [4.78, 5) is 24.0. The molecule has 0 atom stereocenters. The van der Waals surface area contributed by atoms with Crippen LogP contribution in [0, 0.1) is 0 Å². The Bertz CT molecular complexity index is 472. The van der Waals surface area contributed by atoms with Crippen molar-refractivity contribution in [2.24, 2.45) is 0 Å². The molecule has 1 heterocycles. The van der Waals surface area contributed by atoms with Gasteiger partial charge in [0.25, 0.3) is 0 Å². The van der Waals surface area contributed by atoms with E-state index in [0.717, 1.165) is 0 Å². The summed E-state index contributed by atoms with van der Waals surface area (Å²) in [5.41, 5.74) is -0.230. The molecule has 0 aromatic carbocycles. The van der Waals surface area contributed by atoms with Crippen LogP contribution in [-0.2, 0) is 4.79 Å². The van der Waals surface area contributed by atoms with Gasteiger partial charge in [0.2, 0.25) is 17.8 Å². The van der Waals surface area contributed by atoms with Gasteiger partial charge < -0.3 is 20.7 Å². The molecule has 0 fully saturated rings. The average Bonchev–Trinajstić information content (AvgIpc) is 2.36. The van der Waals surface area contributed by atoms with Crippen molar-refractivity contribution < 1.29 is 9.53 Å². The Morgan fingerprint density at radius 1 is 1.19 bits per heavy atom. The van der Waals surface area contributed by atoms with Gasteiger partial charge in [0.1, 0.15) is 0 Å². The number of hydrogen-bond donors (Lipinski definition) is 3. The zero-order valence-electron chi connectivity index (χ0n) is 13.3. The lowest BCUT2D eigenvalue weighted by atomic mass is 10.1. The Morgan fingerprint density at radius 2 is 1.86 bits per heavy atom. The first kappa shape index (κ1) is 16.9. The van der Waals surface area contributed by atoms with Crippen LogP contribution in [0.15, 0.2) is 0 Å². The van der Waals surface area contributed by atoms with Crippen LogP contribution in [0.1, 0.15) is 34.1 Å². The van der Waals surface area contributed by atoms with Crippen molar-refractivity contribution in [3.63, 3.8) is 0 Å². The van der Waals surface area contributed by atoms with Crippen molar-refractivity contribution >= 4 is 17.8 Å². The van der Waals surface area contributed by atoms with E-state index in [0.29, 0.717) is 31.5 Å². The molecule has 0 unspecified atom stereocenters. The lowest BCUT2D eigenvalue weighted by Crippen LogP contribution is -2.41. The van der Waals surface area contributed by atoms with Crippen LogP contribution in [-0.4, -0.2) is 46.6 Å². The molecule has 1 rings (SSSR count). The number of ether oxygens (including phenoxy) is 1. The van der Waals surface area contributed by atoms with Crippen LogP contribution in [0.3, 0.4) is 0 Å². The number of anilines is 2. The van der Waals surface area contributed by atoms with E-state index in [1.165, 1.54) is 0 Å². The van der Waals surface area contributed by atoms with E-state index < -0.39 is 0 Å². The van der Waals surface area contributed by atoms with Gasteiger partial charge >= 0.3 is 6.01 Å². The second-order valence-corrected chi connectivity index (χ2v) is 5.42. The number of hydrogen-bond acceptors (Lipinski definition) is 7. The highest BCUT2D eigenvalue weighted by Gasteiger charge is 2.13. The smallest absolute Gasteiger partial charge is 0.323 e. The molecule has 0 bridgehead atoms. The predicted octanol–water partition coefficient (Wildman–Crippen LogP) is 1.03. The molecule has 0 radical (unpaired) electrons. The summed E-state index contributed by atoms with van der Waals surface area (Å²) in [6.45, 7) is 8.58. The third-order valence-electron chi connectivity index (χ3n) is 2.26. The molecular formula is C13H24N6O2. The Hall–Kier alpha value is -2.12. The highest BCUT2D eigenvalue weighted by Crippen LogP contribution is 2.10. The minimum Gasteiger partial charge on any atom is -0.464 e. The molecule has 1 aromatic heterocycles. The van der Waals surface area contributed by atoms with Crippen molar-refractivity contribution in [2.75, 3.05) is 30.8 Å². The molecule has 8 nitrogen and oxygen atoms in total. The molecule has 1 amide bonds. The zero-order chi connectivity index (χ0) is 15.9. The second-order valence-electron chi connectivity index (χ2n) is 5.42. The first-order valence-corrected chi connectivity index (χ1v) is 6.95. The Kier molecular flexibility index (Phi) is 6.13. The van der Waals surface area contributed by atoms with E-state index >= 15 is 0 Å². The molecule has 1 aromatic rings. The zero-order valence-corrected chi connectivity index (χ0v) is 13.3. The number of carbonyl (C=O) groups is 1. The fourth-order valence-electron chi connectivity index (χ4n) is 1.51. The van der Waals surface area contributed by atoms with Gasteiger partial charge in [-0.1, -0.05) is 0 Å². The molecule has 118 valence electrons. The highest BCUT2D eigenvalue weighted by molar-refractivity contribution is 5.77. The van der Waals surface area contributed by atoms with Crippen molar-refractivity contribution in [2.45, 2.75) is 39.7 Å². The van der Waals surface area contributed by atoms with E-state index in [2.05, 4.69) is 30.9 Å². The molecule has 0 aliphatic rings. The van der Waals surface area contributed by atoms with Gasteiger partial charge in [-0.3, -0.25) is 4.79 Å². The maximum atomic E-state index is 11.7. The van der Waals surface area contributed by atoms with Crippen LogP contribution in [0.5, 0.6) is 6.01 Å². The van der Waals surface area contributed by atoms with Crippen LogP contribution in [0.4, 0.5) is 11.9 Å². The van der Waals surface area contributed by atoms with Crippen LogP contribution < -0.4 is 20.7 Å². The highest BCUT2D eigenvalue weighted by atomic mass is 16.5. The number of nitrogens with zero attached hydrogens (tertiary/aromatic N) is 3. The van der Waals surface area contributed by atoms with Gasteiger partial charge in [-0.15, -0.1) is 0 Å². The Morgan fingerprint density at radius 3 is 2.43 bits per heavy atom. The topological polar surface area (TPSA) is 101 Å². The summed E-state index contributed by atoms with van der Waals surface area (Å²) in [6.07, 6.45) is 0.335. The number of nitrogens with one attached hydrogen (secondary N) is 3. The minimum absolute atomic E-state index is 0.0251. The monoisotopic (exact) mass is 296 g/mol. The number of aromatic nitrogens is 3. The van der Waals surface area contributed by atoms with E-state index in [9.17, 15) is 4.79 Å². The summed E-state index contributed by atoms with van der Waals surface area (Å²) >= 11 is 0. The largest absolute Gasteiger partial charge is 0.464 e. The van der Waals surface area contributed by atoms with Gasteiger partial charge in [0.05, 0.1) is 6.61 Å². The summed E-state index contributed by atoms with van der Waals surface area (Å²) in [5, 5.41) is 8.72. The second kappa shape index (κ2) is 7.61. The molecule has 0 spiro atoms. The van der Waals surface area contributed by atoms with Gasteiger partial charge in [-0.05, 0) is 27.7 Å². The van der Waals surface area contributed by atoms with Crippen molar-refractivity contribution in [1.29, 1.82) is 0 Å². The normalized spacial score (nSPS) is 10.9. The minimum atomic E-state index is -0.230. The van der Waals surface area contributed by atoms with E-state index in [4.69, 9.17) is 4.74 Å². The molecule has 0 saturated carbocycles. The molecular weight excluding hydrogens is 272 g/mol. The van der Waals surface area contributed by atoms with Crippen molar-refractivity contribution in [1.82, 2.24) is 20.3 Å².